The molecule has 1 rings (SSSR count). The summed E-state index contributed by atoms with van der Waals surface area (Å²) in [5.41, 5.74) is 0. The van der Waals surface area contributed by atoms with E-state index in [-0.39, 0.29) is 19.8 Å². The fourth-order valence-electron chi connectivity index (χ4n) is 1.34. The van der Waals surface area contributed by atoms with Crippen molar-refractivity contribution in [2.24, 2.45) is 0 Å². The molecule has 1 fully saturated rings. The molecule has 1 aliphatic heterocycles. The fourth-order valence-corrected chi connectivity index (χ4v) is 1.34. The molecular weight excluding hydrogens is 224 g/mol. The second kappa shape index (κ2) is 6.07. The van der Waals surface area contributed by atoms with Crippen molar-refractivity contribution >= 4 is 5.97 Å². The largest absolute Gasteiger partial charge is 0.456 e. The molecule has 0 aromatic carbocycles. The van der Waals surface area contributed by atoms with Gasteiger partial charge >= 0.3 is 11.9 Å². The highest BCUT2D eigenvalue weighted by molar-refractivity contribution is 5.79. The molecule has 5 nitrogen and oxygen atoms in total. The van der Waals surface area contributed by atoms with Crippen LogP contribution in [0.4, 0.5) is 8.78 Å². The van der Waals surface area contributed by atoms with Gasteiger partial charge < -0.3 is 19.9 Å². The molecule has 0 aromatic rings. The molecule has 94 valence electrons. The van der Waals surface area contributed by atoms with Crippen LogP contribution in [0.1, 0.15) is 6.42 Å². The van der Waals surface area contributed by atoms with E-state index >= 15 is 0 Å². The van der Waals surface area contributed by atoms with Gasteiger partial charge in [-0.1, -0.05) is 0 Å². The normalized spacial score (nSPS) is 23.4. The summed E-state index contributed by atoms with van der Waals surface area (Å²) in [6, 6.07) is 0. The summed E-state index contributed by atoms with van der Waals surface area (Å²) in [6.07, 6.45) is -1.35. The van der Waals surface area contributed by atoms with Crippen LogP contribution >= 0.6 is 0 Å². The van der Waals surface area contributed by atoms with Crippen LogP contribution < -0.4 is 5.32 Å². The molecule has 1 atom stereocenters. The molecule has 2 N–H and O–H groups in total. The SMILES string of the molecule is O=C1OC(CNCCOCCO)CC1(F)F. The Hall–Kier alpha value is -0.790. The summed E-state index contributed by atoms with van der Waals surface area (Å²) in [4.78, 5) is 10.6. The summed E-state index contributed by atoms with van der Waals surface area (Å²) < 4.78 is 34.8. The maximum Gasteiger partial charge on any atom is 0.377 e. The van der Waals surface area contributed by atoms with Crippen LogP contribution in [0.2, 0.25) is 0 Å². The molecule has 1 saturated heterocycles. The number of carbonyl (C=O) groups is 1. The number of hydrogen-bond donors (Lipinski definition) is 2. The zero-order valence-electron chi connectivity index (χ0n) is 8.75. The van der Waals surface area contributed by atoms with Crippen LogP contribution in [0.5, 0.6) is 0 Å². The third-order valence-corrected chi connectivity index (χ3v) is 2.09. The number of ether oxygens (including phenoxy) is 2. The molecule has 0 aliphatic carbocycles. The fraction of sp³-hybridized carbons (Fsp3) is 0.889. The van der Waals surface area contributed by atoms with E-state index in [2.05, 4.69) is 10.1 Å². The van der Waals surface area contributed by atoms with Gasteiger partial charge in [-0.2, -0.15) is 8.78 Å². The number of nitrogens with one attached hydrogen (secondary N) is 1. The molecule has 0 radical (unpaired) electrons. The summed E-state index contributed by atoms with van der Waals surface area (Å²) in [5, 5.41) is 11.2. The van der Waals surface area contributed by atoms with Crippen molar-refractivity contribution in [2.45, 2.75) is 18.4 Å². The van der Waals surface area contributed by atoms with Crippen molar-refractivity contribution in [3.63, 3.8) is 0 Å². The number of rotatable bonds is 7. The van der Waals surface area contributed by atoms with E-state index in [0.717, 1.165) is 0 Å². The Morgan fingerprint density at radius 1 is 1.56 bits per heavy atom. The molecule has 1 aliphatic rings. The van der Waals surface area contributed by atoms with Gasteiger partial charge in [-0.15, -0.1) is 0 Å². The van der Waals surface area contributed by atoms with E-state index in [1.54, 1.807) is 0 Å². The molecule has 0 aromatic heterocycles. The highest BCUT2D eigenvalue weighted by Crippen LogP contribution is 2.30. The van der Waals surface area contributed by atoms with Gasteiger partial charge in [-0.3, -0.25) is 0 Å². The maximum atomic E-state index is 12.7. The van der Waals surface area contributed by atoms with Gasteiger partial charge in [-0.25, -0.2) is 4.79 Å². The van der Waals surface area contributed by atoms with E-state index in [9.17, 15) is 13.6 Å². The Kier molecular flexibility index (Phi) is 5.04. The minimum Gasteiger partial charge on any atom is -0.456 e. The van der Waals surface area contributed by atoms with Crippen LogP contribution in [0.3, 0.4) is 0 Å². The third kappa shape index (κ3) is 3.99. The lowest BCUT2D eigenvalue weighted by Gasteiger charge is -2.09. The van der Waals surface area contributed by atoms with E-state index < -0.39 is 24.4 Å². The molecule has 7 heteroatoms. The smallest absolute Gasteiger partial charge is 0.377 e. The summed E-state index contributed by atoms with van der Waals surface area (Å²) in [6.45, 7) is 1.21. The van der Waals surface area contributed by atoms with Crippen LogP contribution in [0, 0.1) is 0 Å². The van der Waals surface area contributed by atoms with Crippen LogP contribution in [-0.4, -0.2) is 56.0 Å². The molecule has 0 amide bonds. The molecule has 0 spiro atoms. The van der Waals surface area contributed by atoms with Crippen molar-refractivity contribution in [3.8, 4) is 0 Å². The predicted molar refractivity (Wildman–Crippen MR) is 50.2 cm³/mol. The Balaban J connectivity index is 2.05. The van der Waals surface area contributed by atoms with Gasteiger partial charge in [-0.05, 0) is 0 Å². The minimum absolute atomic E-state index is 0.0491. The average Bonchev–Trinajstić information content (AvgIpc) is 2.47. The number of aliphatic hydroxyl groups is 1. The van der Waals surface area contributed by atoms with E-state index in [0.29, 0.717) is 13.2 Å². The van der Waals surface area contributed by atoms with Gasteiger partial charge in [0.15, 0.2) is 0 Å². The molecule has 0 saturated carbocycles. The Morgan fingerprint density at radius 2 is 2.31 bits per heavy atom. The van der Waals surface area contributed by atoms with Gasteiger partial charge in [0.2, 0.25) is 0 Å². The first-order chi connectivity index (χ1) is 7.56. The van der Waals surface area contributed by atoms with Crippen molar-refractivity contribution in [1.82, 2.24) is 5.32 Å². The number of carbonyl (C=O) groups excluding carboxylic acids is 1. The number of halogens is 2. The lowest BCUT2D eigenvalue weighted by atomic mass is 10.2. The molecule has 1 unspecified atom stereocenters. The van der Waals surface area contributed by atoms with Crippen LogP contribution in [-0.2, 0) is 14.3 Å². The standard InChI is InChI=1S/C9H15F2NO4/c10-9(11)5-7(16-8(9)14)6-12-1-3-15-4-2-13/h7,12-13H,1-6H2. The van der Waals surface area contributed by atoms with Crippen LogP contribution in [0.15, 0.2) is 0 Å². The summed E-state index contributed by atoms with van der Waals surface area (Å²) >= 11 is 0. The maximum absolute atomic E-state index is 12.7. The van der Waals surface area contributed by atoms with Crippen molar-refractivity contribution in [1.29, 1.82) is 0 Å². The number of aliphatic hydroxyl groups excluding tert-OH is 1. The number of cyclic esters (lactones) is 1. The Bertz CT molecular complexity index is 238. The zero-order chi connectivity index (χ0) is 12.0. The van der Waals surface area contributed by atoms with E-state index in [1.807, 2.05) is 0 Å². The highest BCUT2D eigenvalue weighted by atomic mass is 19.3. The van der Waals surface area contributed by atoms with Crippen molar-refractivity contribution < 1.29 is 28.2 Å². The van der Waals surface area contributed by atoms with Crippen molar-refractivity contribution in [2.75, 3.05) is 32.9 Å². The monoisotopic (exact) mass is 239 g/mol. The number of alkyl halides is 2. The summed E-state index contributed by atoms with van der Waals surface area (Å²) in [5.74, 6) is -4.80. The van der Waals surface area contributed by atoms with E-state index in [4.69, 9.17) is 9.84 Å². The molecule has 16 heavy (non-hydrogen) atoms. The summed E-state index contributed by atoms with van der Waals surface area (Å²) in [7, 11) is 0. The quantitative estimate of drug-likeness (QED) is 0.464. The number of esters is 1. The van der Waals surface area contributed by atoms with Gasteiger partial charge in [0.05, 0.1) is 26.2 Å². The second-order valence-electron chi connectivity index (χ2n) is 3.48. The third-order valence-electron chi connectivity index (χ3n) is 2.09. The average molecular weight is 239 g/mol. The highest BCUT2D eigenvalue weighted by Gasteiger charge is 2.50. The van der Waals surface area contributed by atoms with Gasteiger partial charge in [0.1, 0.15) is 6.10 Å². The predicted octanol–water partition coefficient (Wildman–Crippen LogP) is -0.464. The lowest BCUT2D eigenvalue weighted by molar-refractivity contribution is -0.159. The Morgan fingerprint density at radius 3 is 2.88 bits per heavy atom. The first kappa shape index (κ1) is 13.3. The Labute approximate surface area is 91.7 Å². The van der Waals surface area contributed by atoms with Gasteiger partial charge in [0, 0.05) is 13.1 Å². The minimum atomic E-state index is -3.35. The first-order valence-corrected chi connectivity index (χ1v) is 5.04. The second-order valence-corrected chi connectivity index (χ2v) is 3.48. The number of hydrogen-bond acceptors (Lipinski definition) is 5. The first-order valence-electron chi connectivity index (χ1n) is 5.04. The van der Waals surface area contributed by atoms with Crippen molar-refractivity contribution in [3.05, 3.63) is 0 Å². The lowest BCUT2D eigenvalue weighted by Crippen LogP contribution is -2.30. The van der Waals surface area contributed by atoms with Gasteiger partial charge in [0.25, 0.3) is 0 Å². The molecule has 0 bridgehead atoms. The van der Waals surface area contributed by atoms with Crippen LogP contribution in [0.25, 0.3) is 0 Å². The molecular formula is C9H15F2NO4. The molecule has 1 heterocycles. The van der Waals surface area contributed by atoms with E-state index in [1.165, 1.54) is 0 Å². The topological polar surface area (TPSA) is 67.8 Å². The zero-order valence-corrected chi connectivity index (χ0v) is 8.75.